The molecule has 1 unspecified atom stereocenters. The van der Waals surface area contributed by atoms with Crippen molar-refractivity contribution in [1.82, 2.24) is 9.97 Å². The first kappa shape index (κ1) is 9.92. The average Bonchev–Trinajstić information content (AvgIpc) is 2.65. The number of nitrogens with two attached hydrogens (primary N) is 1. The third kappa shape index (κ3) is 2.44. The lowest BCUT2D eigenvalue weighted by atomic mass is 10.1. The Kier molecular flexibility index (Phi) is 2.82. The first-order valence-electron chi connectivity index (χ1n) is 4.63. The molecule has 2 aromatic rings. The number of anilines is 2. The van der Waals surface area contributed by atoms with Gasteiger partial charge in [-0.2, -0.15) is 0 Å². The summed E-state index contributed by atoms with van der Waals surface area (Å²) in [4.78, 5) is 8.21. The van der Waals surface area contributed by atoms with Crippen molar-refractivity contribution in [3.8, 4) is 0 Å². The van der Waals surface area contributed by atoms with E-state index in [4.69, 9.17) is 5.73 Å². The van der Waals surface area contributed by atoms with Crippen LogP contribution < -0.4 is 11.1 Å². The second kappa shape index (κ2) is 4.27. The van der Waals surface area contributed by atoms with E-state index in [1.807, 2.05) is 18.3 Å². The zero-order valence-electron chi connectivity index (χ0n) is 8.34. The van der Waals surface area contributed by atoms with E-state index >= 15 is 0 Å². The van der Waals surface area contributed by atoms with Gasteiger partial charge in [-0.15, -0.1) is 0 Å². The minimum atomic E-state index is 0.184. The number of thiazole rings is 1. The number of hydrogen-bond donors (Lipinski definition) is 2. The second-order valence-electron chi connectivity index (χ2n) is 3.22. The Balaban J connectivity index is 2.07. The zero-order chi connectivity index (χ0) is 10.7. The minimum Gasteiger partial charge on any atom is -0.389 e. The molecule has 1 atom stereocenters. The Morgan fingerprint density at radius 3 is 2.93 bits per heavy atom. The molecule has 0 amide bonds. The van der Waals surface area contributed by atoms with Crippen LogP contribution in [0.2, 0.25) is 0 Å². The molecule has 0 aromatic carbocycles. The molecule has 3 N–H and O–H groups in total. The molecule has 0 bridgehead atoms. The summed E-state index contributed by atoms with van der Waals surface area (Å²) in [5.41, 5.74) is 6.73. The van der Waals surface area contributed by atoms with E-state index in [2.05, 4.69) is 22.2 Å². The Hall–Kier alpha value is -1.62. The number of rotatable bonds is 3. The maximum atomic E-state index is 5.60. The molecule has 0 saturated carbocycles. The maximum absolute atomic E-state index is 5.60. The molecular weight excluding hydrogens is 208 g/mol. The monoisotopic (exact) mass is 220 g/mol. The van der Waals surface area contributed by atoms with Crippen LogP contribution in [-0.2, 0) is 0 Å². The van der Waals surface area contributed by atoms with Crippen LogP contribution in [0.5, 0.6) is 0 Å². The predicted octanol–water partition coefficient (Wildman–Crippen LogP) is 2.29. The van der Waals surface area contributed by atoms with Crippen LogP contribution >= 0.6 is 11.3 Å². The largest absolute Gasteiger partial charge is 0.389 e. The predicted molar refractivity (Wildman–Crippen MR) is 62.8 cm³/mol. The smallest absolute Gasteiger partial charge is 0.185 e. The first-order valence-corrected chi connectivity index (χ1v) is 5.45. The van der Waals surface area contributed by atoms with E-state index in [0.717, 1.165) is 15.7 Å². The Bertz CT molecular complexity index is 426. The average molecular weight is 220 g/mol. The Morgan fingerprint density at radius 1 is 1.47 bits per heavy atom. The van der Waals surface area contributed by atoms with Gasteiger partial charge in [0.05, 0.1) is 12.2 Å². The molecule has 5 heteroatoms. The summed E-state index contributed by atoms with van der Waals surface area (Å²) in [5.74, 6) is 0. The summed E-state index contributed by atoms with van der Waals surface area (Å²) in [7, 11) is 0. The lowest BCUT2D eigenvalue weighted by Gasteiger charge is -2.12. The molecule has 2 rings (SSSR count). The summed E-state index contributed by atoms with van der Waals surface area (Å²) in [6.07, 6.45) is 5.26. The number of aromatic nitrogens is 2. The van der Waals surface area contributed by atoms with Crippen LogP contribution in [0.1, 0.15) is 18.5 Å². The fourth-order valence-corrected chi connectivity index (χ4v) is 1.92. The third-order valence-electron chi connectivity index (χ3n) is 2.05. The van der Waals surface area contributed by atoms with Crippen molar-refractivity contribution in [2.24, 2.45) is 0 Å². The molecule has 2 aromatic heterocycles. The van der Waals surface area contributed by atoms with E-state index in [1.54, 1.807) is 12.4 Å². The van der Waals surface area contributed by atoms with Gasteiger partial charge in [0.25, 0.3) is 0 Å². The quantitative estimate of drug-likeness (QED) is 0.833. The van der Waals surface area contributed by atoms with Crippen molar-refractivity contribution in [3.63, 3.8) is 0 Å². The number of nitrogen functional groups attached to an aromatic ring is 1. The molecule has 0 aliphatic carbocycles. The van der Waals surface area contributed by atoms with Gasteiger partial charge < -0.3 is 11.1 Å². The normalized spacial score (nSPS) is 12.3. The number of pyridine rings is 1. The summed E-state index contributed by atoms with van der Waals surface area (Å²) in [5, 5.41) is 4.82. The van der Waals surface area contributed by atoms with Gasteiger partial charge in [-0.05, 0) is 18.6 Å². The van der Waals surface area contributed by atoms with Crippen LogP contribution in [0.15, 0.2) is 30.7 Å². The summed E-state index contributed by atoms with van der Waals surface area (Å²) < 4.78 is 0. The number of hydrogen-bond acceptors (Lipinski definition) is 5. The number of nitrogens with zero attached hydrogens (tertiary/aromatic N) is 2. The number of nitrogens with one attached hydrogen (secondary N) is 1. The minimum absolute atomic E-state index is 0.184. The van der Waals surface area contributed by atoms with Crippen LogP contribution in [0.3, 0.4) is 0 Å². The van der Waals surface area contributed by atoms with Gasteiger partial charge in [-0.1, -0.05) is 17.4 Å². The molecule has 0 aliphatic rings. The highest BCUT2D eigenvalue weighted by Crippen LogP contribution is 2.24. The van der Waals surface area contributed by atoms with E-state index < -0.39 is 0 Å². The molecule has 15 heavy (non-hydrogen) atoms. The highest BCUT2D eigenvalue weighted by molar-refractivity contribution is 7.19. The molecule has 78 valence electrons. The van der Waals surface area contributed by atoms with Crippen LogP contribution in [0, 0.1) is 0 Å². The molecule has 0 fully saturated rings. The summed E-state index contributed by atoms with van der Waals surface area (Å²) in [6.45, 7) is 2.06. The van der Waals surface area contributed by atoms with E-state index in [1.165, 1.54) is 11.3 Å². The van der Waals surface area contributed by atoms with Crippen LogP contribution in [0.4, 0.5) is 10.1 Å². The lowest BCUT2D eigenvalue weighted by Crippen LogP contribution is -2.06. The Morgan fingerprint density at radius 2 is 2.33 bits per heavy atom. The fourth-order valence-electron chi connectivity index (χ4n) is 1.25. The van der Waals surface area contributed by atoms with Gasteiger partial charge >= 0.3 is 0 Å². The van der Waals surface area contributed by atoms with Crippen LogP contribution in [-0.4, -0.2) is 9.97 Å². The summed E-state index contributed by atoms with van der Waals surface area (Å²) in [6, 6.07) is 4.13. The molecule has 0 spiro atoms. The lowest BCUT2D eigenvalue weighted by molar-refractivity contribution is 0.873. The van der Waals surface area contributed by atoms with Gasteiger partial charge in [0.1, 0.15) is 5.00 Å². The molecular formula is C10H12N4S. The molecule has 0 saturated heterocycles. The highest BCUT2D eigenvalue weighted by Gasteiger charge is 2.06. The standard InChI is InChI=1S/C10H12N4S/c1-7(8-3-2-4-12-5-8)14-10-13-6-9(11)15-10/h2-7H,11H2,1H3,(H,13,14). The van der Waals surface area contributed by atoms with Gasteiger partial charge in [0.15, 0.2) is 5.13 Å². The van der Waals surface area contributed by atoms with Crippen molar-refractivity contribution < 1.29 is 0 Å². The van der Waals surface area contributed by atoms with E-state index in [0.29, 0.717) is 0 Å². The van der Waals surface area contributed by atoms with Crippen molar-refractivity contribution in [1.29, 1.82) is 0 Å². The maximum Gasteiger partial charge on any atom is 0.185 e. The molecule has 4 nitrogen and oxygen atoms in total. The molecule has 0 aliphatic heterocycles. The summed E-state index contributed by atoms with van der Waals surface area (Å²) >= 11 is 1.45. The third-order valence-corrected chi connectivity index (χ3v) is 2.81. The molecule has 2 heterocycles. The van der Waals surface area contributed by atoms with Crippen molar-refractivity contribution in [2.75, 3.05) is 11.1 Å². The highest BCUT2D eigenvalue weighted by atomic mass is 32.1. The fraction of sp³-hybridized carbons (Fsp3) is 0.200. The van der Waals surface area contributed by atoms with Crippen LogP contribution in [0.25, 0.3) is 0 Å². The zero-order valence-corrected chi connectivity index (χ0v) is 9.16. The SMILES string of the molecule is CC(Nc1ncc(N)s1)c1cccnc1. The van der Waals surface area contributed by atoms with Gasteiger partial charge in [-0.25, -0.2) is 4.98 Å². The van der Waals surface area contributed by atoms with E-state index in [-0.39, 0.29) is 6.04 Å². The second-order valence-corrected chi connectivity index (χ2v) is 4.28. The van der Waals surface area contributed by atoms with Gasteiger partial charge in [-0.3, -0.25) is 4.98 Å². The van der Waals surface area contributed by atoms with Crippen molar-refractivity contribution in [2.45, 2.75) is 13.0 Å². The molecule has 0 radical (unpaired) electrons. The topological polar surface area (TPSA) is 63.8 Å². The first-order chi connectivity index (χ1) is 7.25. The van der Waals surface area contributed by atoms with Gasteiger partial charge in [0.2, 0.25) is 0 Å². The Labute approximate surface area is 92.2 Å². The van der Waals surface area contributed by atoms with Crippen molar-refractivity contribution >= 4 is 21.5 Å². The van der Waals surface area contributed by atoms with Crippen molar-refractivity contribution in [3.05, 3.63) is 36.3 Å². The van der Waals surface area contributed by atoms with Gasteiger partial charge in [0, 0.05) is 12.4 Å². The van der Waals surface area contributed by atoms with E-state index in [9.17, 15) is 0 Å².